The van der Waals surface area contributed by atoms with E-state index < -0.39 is 0 Å². The monoisotopic (exact) mass is 348 g/mol. The van der Waals surface area contributed by atoms with Crippen molar-refractivity contribution >= 4 is 22.9 Å². The van der Waals surface area contributed by atoms with Crippen LogP contribution in [0.15, 0.2) is 59.7 Å². The number of aromatic hydroxyl groups is 1. The van der Waals surface area contributed by atoms with Gasteiger partial charge in [0.15, 0.2) is 6.61 Å². The normalized spacial score (nSPS) is 11.0. The summed E-state index contributed by atoms with van der Waals surface area (Å²) in [6, 6.07) is 16.9. The van der Waals surface area contributed by atoms with E-state index in [0.717, 1.165) is 21.9 Å². The molecule has 0 heterocycles. The number of benzene rings is 3. The standard InChI is InChI=1S/C21H20N2O3/c1-14-9-15(2)11-17(10-14)26-13-21(25)23-22-12-19-18-6-4-3-5-16(18)7-8-20(19)24/h3-12,24H,13H2,1-2H3,(H,23,25)/b22-12-. The van der Waals surface area contributed by atoms with Crippen LogP contribution in [-0.2, 0) is 4.79 Å². The number of ether oxygens (including phenoxy) is 1. The van der Waals surface area contributed by atoms with Gasteiger partial charge in [0.2, 0.25) is 0 Å². The van der Waals surface area contributed by atoms with E-state index >= 15 is 0 Å². The van der Waals surface area contributed by atoms with Crippen molar-refractivity contribution in [1.82, 2.24) is 5.43 Å². The Bertz CT molecular complexity index is 960. The van der Waals surface area contributed by atoms with Crippen LogP contribution in [0.3, 0.4) is 0 Å². The molecule has 0 aliphatic rings. The minimum atomic E-state index is -0.375. The quantitative estimate of drug-likeness (QED) is 0.546. The van der Waals surface area contributed by atoms with Gasteiger partial charge in [0, 0.05) is 5.56 Å². The van der Waals surface area contributed by atoms with E-state index in [4.69, 9.17) is 4.74 Å². The highest BCUT2D eigenvalue weighted by Gasteiger charge is 2.06. The van der Waals surface area contributed by atoms with Crippen molar-refractivity contribution < 1.29 is 14.6 Å². The summed E-state index contributed by atoms with van der Waals surface area (Å²) in [7, 11) is 0. The van der Waals surface area contributed by atoms with Gasteiger partial charge in [0.25, 0.3) is 5.91 Å². The van der Waals surface area contributed by atoms with Crippen molar-refractivity contribution in [2.45, 2.75) is 13.8 Å². The Kier molecular flexibility index (Phi) is 5.17. The first kappa shape index (κ1) is 17.5. The van der Waals surface area contributed by atoms with Gasteiger partial charge in [0.1, 0.15) is 11.5 Å². The first-order chi connectivity index (χ1) is 12.5. The number of rotatable bonds is 5. The van der Waals surface area contributed by atoms with Crippen LogP contribution in [0.4, 0.5) is 0 Å². The van der Waals surface area contributed by atoms with Crippen molar-refractivity contribution in [1.29, 1.82) is 0 Å². The lowest BCUT2D eigenvalue weighted by Crippen LogP contribution is -2.24. The fraction of sp³-hybridized carbons (Fsp3) is 0.143. The molecule has 0 unspecified atom stereocenters. The summed E-state index contributed by atoms with van der Waals surface area (Å²) >= 11 is 0. The lowest BCUT2D eigenvalue weighted by molar-refractivity contribution is -0.123. The SMILES string of the molecule is Cc1cc(C)cc(OCC(=O)N/N=C\c2c(O)ccc3ccccc23)c1. The Balaban J connectivity index is 1.63. The molecule has 0 saturated carbocycles. The summed E-state index contributed by atoms with van der Waals surface area (Å²) in [5, 5.41) is 15.8. The maximum Gasteiger partial charge on any atom is 0.277 e. The predicted molar refractivity (Wildman–Crippen MR) is 103 cm³/mol. The molecule has 0 fully saturated rings. The van der Waals surface area contributed by atoms with Gasteiger partial charge in [-0.1, -0.05) is 36.4 Å². The van der Waals surface area contributed by atoms with E-state index in [1.165, 1.54) is 6.21 Å². The number of hydrazone groups is 1. The molecule has 1 amide bonds. The van der Waals surface area contributed by atoms with Gasteiger partial charge in [-0.3, -0.25) is 4.79 Å². The smallest absolute Gasteiger partial charge is 0.277 e. The summed E-state index contributed by atoms with van der Waals surface area (Å²) in [5.74, 6) is 0.377. The molecule has 0 aliphatic carbocycles. The van der Waals surface area contributed by atoms with Gasteiger partial charge in [-0.2, -0.15) is 5.10 Å². The second kappa shape index (κ2) is 7.70. The number of phenolic OH excluding ortho intramolecular Hbond substituents is 1. The third-order valence-corrected chi connectivity index (χ3v) is 3.90. The second-order valence-electron chi connectivity index (χ2n) is 6.12. The number of phenols is 1. The number of fused-ring (bicyclic) bond motifs is 1. The molecule has 26 heavy (non-hydrogen) atoms. The molecule has 132 valence electrons. The minimum absolute atomic E-state index is 0.105. The minimum Gasteiger partial charge on any atom is -0.507 e. The van der Waals surface area contributed by atoms with Crippen LogP contribution in [0.5, 0.6) is 11.5 Å². The second-order valence-corrected chi connectivity index (χ2v) is 6.12. The molecule has 0 saturated heterocycles. The molecule has 3 aromatic carbocycles. The van der Waals surface area contributed by atoms with Crippen LogP contribution < -0.4 is 10.2 Å². The number of amides is 1. The van der Waals surface area contributed by atoms with Gasteiger partial charge in [0.05, 0.1) is 6.21 Å². The van der Waals surface area contributed by atoms with Gasteiger partial charge >= 0.3 is 0 Å². The molecule has 0 radical (unpaired) electrons. The molecule has 5 nitrogen and oxygen atoms in total. The molecule has 0 aromatic heterocycles. The molecule has 2 N–H and O–H groups in total. The Hall–Kier alpha value is -3.34. The number of carbonyl (C=O) groups is 1. The highest BCUT2D eigenvalue weighted by Crippen LogP contribution is 2.25. The van der Waals surface area contributed by atoms with Crippen LogP contribution >= 0.6 is 0 Å². The summed E-state index contributed by atoms with van der Waals surface area (Å²) < 4.78 is 5.49. The summed E-state index contributed by atoms with van der Waals surface area (Å²) in [6.07, 6.45) is 1.44. The highest BCUT2D eigenvalue weighted by molar-refractivity contribution is 6.02. The average molecular weight is 348 g/mol. The number of hydrogen-bond donors (Lipinski definition) is 2. The van der Waals surface area contributed by atoms with Crippen molar-refractivity contribution in [2.75, 3.05) is 6.61 Å². The third kappa shape index (κ3) is 4.19. The van der Waals surface area contributed by atoms with E-state index in [0.29, 0.717) is 11.3 Å². The van der Waals surface area contributed by atoms with E-state index in [1.807, 2.05) is 62.4 Å². The summed E-state index contributed by atoms with van der Waals surface area (Å²) in [5.41, 5.74) is 5.12. The van der Waals surface area contributed by atoms with Crippen LogP contribution in [0.1, 0.15) is 16.7 Å². The Morgan fingerprint density at radius 2 is 1.85 bits per heavy atom. The fourth-order valence-corrected chi connectivity index (χ4v) is 2.79. The zero-order valence-corrected chi connectivity index (χ0v) is 14.7. The van der Waals surface area contributed by atoms with E-state index in [9.17, 15) is 9.90 Å². The topological polar surface area (TPSA) is 70.9 Å². The van der Waals surface area contributed by atoms with Crippen molar-refractivity contribution in [3.8, 4) is 11.5 Å². The Morgan fingerprint density at radius 3 is 2.62 bits per heavy atom. The van der Waals surface area contributed by atoms with E-state index in [2.05, 4.69) is 10.5 Å². The van der Waals surface area contributed by atoms with Gasteiger partial charge < -0.3 is 9.84 Å². The zero-order valence-electron chi connectivity index (χ0n) is 14.7. The number of carbonyl (C=O) groups excluding carboxylic acids is 1. The van der Waals surface area contributed by atoms with E-state index in [-0.39, 0.29) is 18.3 Å². The summed E-state index contributed by atoms with van der Waals surface area (Å²) in [4.78, 5) is 11.9. The lowest BCUT2D eigenvalue weighted by atomic mass is 10.0. The lowest BCUT2D eigenvalue weighted by Gasteiger charge is -2.07. The van der Waals surface area contributed by atoms with Crippen LogP contribution in [0.25, 0.3) is 10.8 Å². The summed E-state index contributed by atoms with van der Waals surface area (Å²) in [6.45, 7) is 3.81. The van der Waals surface area contributed by atoms with Gasteiger partial charge in [-0.25, -0.2) is 5.43 Å². The molecular weight excluding hydrogens is 328 g/mol. The number of nitrogens with zero attached hydrogens (tertiary/aromatic N) is 1. The fourth-order valence-electron chi connectivity index (χ4n) is 2.79. The molecule has 3 aromatic rings. The van der Waals surface area contributed by atoms with Crippen molar-refractivity contribution in [3.63, 3.8) is 0 Å². The van der Waals surface area contributed by atoms with Gasteiger partial charge in [-0.15, -0.1) is 0 Å². The largest absolute Gasteiger partial charge is 0.507 e. The highest BCUT2D eigenvalue weighted by atomic mass is 16.5. The molecule has 0 bridgehead atoms. The number of hydrogen-bond acceptors (Lipinski definition) is 4. The van der Waals surface area contributed by atoms with Crippen LogP contribution in [-0.4, -0.2) is 23.8 Å². The molecule has 0 spiro atoms. The number of aryl methyl sites for hydroxylation is 2. The number of nitrogens with one attached hydrogen (secondary N) is 1. The Morgan fingerprint density at radius 1 is 1.12 bits per heavy atom. The van der Waals surface area contributed by atoms with Crippen LogP contribution in [0, 0.1) is 13.8 Å². The Labute approximate surface area is 151 Å². The average Bonchev–Trinajstić information content (AvgIpc) is 2.61. The van der Waals surface area contributed by atoms with Crippen molar-refractivity contribution in [2.24, 2.45) is 5.10 Å². The van der Waals surface area contributed by atoms with Crippen molar-refractivity contribution in [3.05, 3.63) is 71.3 Å². The molecule has 3 rings (SSSR count). The maximum absolute atomic E-state index is 11.9. The zero-order chi connectivity index (χ0) is 18.5. The first-order valence-corrected chi connectivity index (χ1v) is 8.26. The van der Waals surface area contributed by atoms with Gasteiger partial charge in [-0.05, 0) is 53.9 Å². The van der Waals surface area contributed by atoms with E-state index in [1.54, 1.807) is 6.07 Å². The first-order valence-electron chi connectivity index (χ1n) is 8.26. The molecule has 0 aliphatic heterocycles. The molecule has 0 atom stereocenters. The van der Waals surface area contributed by atoms with Crippen LogP contribution in [0.2, 0.25) is 0 Å². The maximum atomic E-state index is 11.9. The molecular formula is C21H20N2O3. The third-order valence-electron chi connectivity index (χ3n) is 3.90. The molecule has 5 heteroatoms. The predicted octanol–water partition coefficient (Wildman–Crippen LogP) is 3.69.